The van der Waals surface area contributed by atoms with Gasteiger partial charge >= 0.3 is 5.97 Å². The van der Waals surface area contributed by atoms with Crippen LogP contribution < -0.4 is 0 Å². The van der Waals surface area contributed by atoms with Gasteiger partial charge in [0.15, 0.2) is 0 Å². The lowest BCUT2D eigenvalue weighted by Crippen LogP contribution is -2.09. The lowest BCUT2D eigenvalue weighted by molar-refractivity contribution is 0.0690. The maximum atomic E-state index is 11.4. The van der Waals surface area contributed by atoms with Crippen molar-refractivity contribution in [1.82, 2.24) is 9.97 Å². The standard InChI is InChI=1S/C14H20N2O3S/c1-3-19-7-4-8-20-13-11(14(17)18)9(2)15-12(16-13)10-5-6-10/h10H,3-8H2,1-2H3,(H,17,18). The fraction of sp³-hybridized carbons (Fsp3) is 0.643. The molecule has 0 aliphatic heterocycles. The van der Waals surface area contributed by atoms with Gasteiger partial charge in [-0.05, 0) is 33.1 Å². The van der Waals surface area contributed by atoms with Crippen LogP contribution in [0, 0.1) is 6.92 Å². The summed E-state index contributed by atoms with van der Waals surface area (Å²) in [5, 5.41) is 9.91. The SMILES string of the molecule is CCOCCCSc1nc(C2CC2)nc(C)c1C(=O)O. The van der Waals surface area contributed by atoms with E-state index in [0.29, 0.717) is 29.9 Å². The molecule has 1 fully saturated rings. The number of carboxylic acids is 1. The van der Waals surface area contributed by atoms with E-state index in [1.54, 1.807) is 6.92 Å². The van der Waals surface area contributed by atoms with Crippen LogP contribution in [0.3, 0.4) is 0 Å². The van der Waals surface area contributed by atoms with Gasteiger partial charge in [-0.3, -0.25) is 0 Å². The van der Waals surface area contributed by atoms with Crippen LogP contribution in [-0.4, -0.2) is 40.0 Å². The topological polar surface area (TPSA) is 72.3 Å². The Morgan fingerprint density at radius 2 is 2.20 bits per heavy atom. The van der Waals surface area contributed by atoms with Crippen molar-refractivity contribution >= 4 is 17.7 Å². The average molecular weight is 296 g/mol. The molecule has 0 saturated heterocycles. The van der Waals surface area contributed by atoms with Gasteiger partial charge in [0.25, 0.3) is 0 Å². The van der Waals surface area contributed by atoms with Gasteiger partial charge in [-0.25, -0.2) is 14.8 Å². The lowest BCUT2D eigenvalue weighted by atomic mass is 10.2. The molecule has 0 spiro atoms. The summed E-state index contributed by atoms with van der Waals surface area (Å²) in [6.07, 6.45) is 3.11. The van der Waals surface area contributed by atoms with Gasteiger partial charge in [-0.15, -0.1) is 11.8 Å². The van der Waals surface area contributed by atoms with Crippen molar-refractivity contribution in [1.29, 1.82) is 0 Å². The maximum Gasteiger partial charge on any atom is 0.340 e. The van der Waals surface area contributed by atoms with E-state index in [0.717, 1.165) is 30.8 Å². The molecule has 0 bridgehead atoms. The van der Waals surface area contributed by atoms with E-state index in [9.17, 15) is 9.90 Å². The summed E-state index contributed by atoms with van der Waals surface area (Å²) in [7, 11) is 0. The Labute approximate surface area is 123 Å². The monoisotopic (exact) mass is 296 g/mol. The number of aromatic nitrogens is 2. The van der Waals surface area contributed by atoms with E-state index < -0.39 is 5.97 Å². The molecular formula is C14H20N2O3S. The number of ether oxygens (including phenoxy) is 1. The molecule has 0 amide bonds. The Bertz CT molecular complexity index is 490. The minimum absolute atomic E-state index is 0.246. The Morgan fingerprint density at radius 1 is 1.45 bits per heavy atom. The van der Waals surface area contributed by atoms with Gasteiger partial charge in [0, 0.05) is 24.9 Å². The van der Waals surface area contributed by atoms with Crippen molar-refractivity contribution < 1.29 is 14.6 Å². The van der Waals surface area contributed by atoms with Gasteiger partial charge in [0.2, 0.25) is 0 Å². The second-order valence-corrected chi connectivity index (χ2v) is 5.91. The third kappa shape index (κ3) is 3.93. The van der Waals surface area contributed by atoms with Gasteiger partial charge in [0.05, 0.1) is 5.69 Å². The predicted octanol–water partition coefficient (Wildman–Crippen LogP) is 2.88. The minimum atomic E-state index is -0.947. The molecule has 1 aromatic heterocycles. The number of aryl methyl sites for hydroxylation is 1. The van der Waals surface area contributed by atoms with Crippen LogP contribution in [0.15, 0.2) is 5.03 Å². The van der Waals surface area contributed by atoms with Crippen LogP contribution in [0.5, 0.6) is 0 Å². The quantitative estimate of drug-likeness (QED) is 0.452. The van der Waals surface area contributed by atoms with Crippen LogP contribution in [-0.2, 0) is 4.74 Å². The molecule has 20 heavy (non-hydrogen) atoms. The highest BCUT2D eigenvalue weighted by molar-refractivity contribution is 7.99. The first-order valence-corrected chi connectivity index (χ1v) is 7.94. The van der Waals surface area contributed by atoms with Crippen LogP contribution >= 0.6 is 11.8 Å². The van der Waals surface area contributed by atoms with E-state index in [1.807, 2.05) is 6.92 Å². The molecule has 1 saturated carbocycles. The summed E-state index contributed by atoms with van der Waals surface area (Å²) in [6, 6.07) is 0. The Kier molecular flexibility index (Phi) is 5.37. The van der Waals surface area contributed by atoms with Crippen molar-refractivity contribution in [2.45, 2.75) is 44.1 Å². The highest BCUT2D eigenvalue weighted by atomic mass is 32.2. The number of aromatic carboxylic acids is 1. The highest BCUT2D eigenvalue weighted by Crippen LogP contribution is 2.39. The van der Waals surface area contributed by atoms with Crippen LogP contribution in [0.4, 0.5) is 0 Å². The normalized spacial score (nSPS) is 14.5. The third-order valence-corrected chi connectivity index (χ3v) is 4.17. The first-order valence-electron chi connectivity index (χ1n) is 6.95. The molecule has 1 heterocycles. The third-order valence-electron chi connectivity index (χ3n) is 3.11. The molecule has 6 heteroatoms. The fourth-order valence-corrected chi connectivity index (χ4v) is 2.91. The van der Waals surface area contributed by atoms with Crippen molar-refractivity contribution in [2.24, 2.45) is 0 Å². The van der Waals surface area contributed by atoms with E-state index in [-0.39, 0.29) is 5.56 Å². The van der Waals surface area contributed by atoms with Gasteiger partial charge in [-0.1, -0.05) is 0 Å². The van der Waals surface area contributed by atoms with Crippen molar-refractivity contribution in [2.75, 3.05) is 19.0 Å². The lowest BCUT2D eigenvalue weighted by Gasteiger charge is -2.09. The van der Waals surface area contributed by atoms with Gasteiger partial charge < -0.3 is 9.84 Å². The molecular weight excluding hydrogens is 276 g/mol. The molecule has 2 rings (SSSR count). The number of rotatable bonds is 8. The Morgan fingerprint density at radius 3 is 2.80 bits per heavy atom. The second-order valence-electron chi connectivity index (χ2n) is 4.83. The number of hydrogen-bond acceptors (Lipinski definition) is 5. The zero-order valence-electron chi connectivity index (χ0n) is 11.9. The molecule has 1 aliphatic rings. The van der Waals surface area contributed by atoms with E-state index in [4.69, 9.17) is 4.74 Å². The number of thioether (sulfide) groups is 1. The summed E-state index contributed by atoms with van der Waals surface area (Å²) in [6.45, 7) is 5.13. The minimum Gasteiger partial charge on any atom is -0.478 e. The van der Waals surface area contributed by atoms with E-state index in [2.05, 4.69) is 9.97 Å². The number of nitrogens with zero attached hydrogens (tertiary/aromatic N) is 2. The van der Waals surface area contributed by atoms with Crippen molar-refractivity contribution in [3.05, 3.63) is 17.1 Å². The Balaban J connectivity index is 2.09. The molecule has 5 nitrogen and oxygen atoms in total. The van der Waals surface area contributed by atoms with Gasteiger partial charge in [-0.2, -0.15) is 0 Å². The van der Waals surface area contributed by atoms with Crippen LogP contribution in [0.2, 0.25) is 0 Å². The molecule has 1 N–H and O–H groups in total. The zero-order chi connectivity index (χ0) is 14.5. The molecule has 0 radical (unpaired) electrons. The van der Waals surface area contributed by atoms with Crippen molar-refractivity contribution in [3.8, 4) is 0 Å². The smallest absolute Gasteiger partial charge is 0.340 e. The van der Waals surface area contributed by atoms with Gasteiger partial charge in [0.1, 0.15) is 16.4 Å². The number of carboxylic acid groups (broad SMARTS) is 1. The zero-order valence-corrected chi connectivity index (χ0v) is 12.7. The summed E-state index contributed by atoms with van der Waals surface area (Å²) >= 11 is 1.49. The summed E-state index contributed by atoms with van der Waals surface area (Å²) in [4.78, 5) is 20.2. The first-order chi connectivity index (χ1) is 9.63. The molecule has 1 aromatic rings. The maximum absolute atomic E-state index is 11.4. The highest BCUT2D eigenvalue weighted by Gasteiger charge is 2.29. The van der Waals surface area contributed by atoms with Crippen LogP contribution in [0.1, 0.15) is 54.0 Å². The molecule has 0 atom stereocenters. The van der Waals surface area contributed by atoms with Crippen molar-refractivity contribution in [3.63, 3.8) is 0 Å². The second kappa shape index (κ2) is 7.04. The number of carbonyl (C=O) groups is 1. The Hall–Kier alpha value is -1.14. The first kappa shape index (κ1) is 15.3. The molecule has 1 aliphatic carbocycles. The molecule has 0 aromatic carbocycles. The predicted molar refractivity (Wildman–Crippen MR) is 77.5 cm³/mol. The van der Waals surface area contributed by atoms with Crippen LogP contribution in [0.25, 0.3) is 0 Å². The fourth-order valence-electron chi connectivity index (χ4n) is 1.92. The average Bonchev–Trinajstić information content (AvgIpc) is 3.21. The molecule has 110 valence electrons. The molecule has 0 unspecified atom stereocenters. The summed E-state index contributed by atoms with van der Waals surface area (Å²) < 4.78 is 5.28. The summed E-state index contributed by atoms with van der Waals surface area (Å²) in [5.41, 5.74) is 0.817. The summed E-state index contributed by atoms with van der Waals surface area (Å²) in [5.74, 6) is 1.09. The van der Waals surface area contributed by atoms with E-state index in [1.165, 1.54) is 11.8 Å². The van der Waals surface area contributed by atoms with E-state index >= 15 is 0 Å². The largest absolute Gasteiger partial charge is 0.478 e. The number of hydrogen-bond donors (Lipinski definition) is 1.